The molecule has 134 valence electrons. The summed E-state index contributed by atoms with van der Waals surface area (Å²) in [5, 5.41) is 2.03. The van der Waals surface area contributed by atoms with Gasteiger partial charge < -0.3 is 15.5 Å². The second kappa shape index (κ2) is 6.66. The van der Waals surface area contributed by atoms with Gasteiger partial charge in [0.2, 0.25) is 5.91 Å². The van der Waals surface area contributed by atoms with Crippen LogP contribution in [0.5, 0.6) is 0 Å². The van der Waals surface area contributed by atoms with Crippen LogP contribution in [0.15, 0.2) is 48.1 Å². The summed E-state index contributed by atoms with van der Waals surface area (Å²) in [5.74, 6) is 0.919. The van der Waals surface area contributed by atoms with E-state index in [0.717, 1.165) is 34.7 Å². The minimum Gasteiger partial charge on any atom is -0.352 e. The predicted molar refractivity (Wildman–Crippen MR) is 104 cm³/mol. The molecule has 0 bridgehead atoms. The molecule has 0 radical (unpaired) electrons. The Bertz CT molecular complexity index is 916. The van der Waals surface area contributed by atoms with Crippen LogP contribution in [0, 0.1) is 0 Å². The average molecular weight is 367 g/mol. The molecule has 7 heteroatoms. The molecule has 1 aliphatic rings. The van der Waals surface area contributed by atoms with Crippen molar-refractivity contribution >= 4 is 33.3 Å². The van der Waals surface area contributed by atoms with Crippen molar-refractivity contribution in [3.63, 3.8) is 0 Å². The molecule has 2 N–H and O–H groups in total. The molecule has 3 heterocycles. The molecule has 26 heavy (non-hydrogen) atoms. The third-order valence-electron chi connectivity index (χ3n) is 4.91. The van der Waals surface area contributed by atoms with Gasteiger partial charge in [0.15, 0.2) is 0 Å². The van der Waals surface area contributed by atoms with Gasteiger partial charge in [0.05, 0.1) is 10.2 Å². The van der Waals surface area contributed by atoms with Gasteiger partial charge in [-0.05, 0) is 23.9 Å². The summed E-state index contributed by atoms with van der Waals surface area (Å²) >= 11 is 1.65. The normalized spacial score (nSPS) is 17.3. The lowest BCUT2D eigenvalue weighted by atomic mass is 9.91. The minimum atomic E-state index is -1.01. The number of piperazine rings is 1. The Balaban J connectivity index is 1.48. The zero-order chi connectivity index (χ0) is 18.1. The maximum absolute atomic E-state index is 13.0. The Hall–Kier alpha value is -2.51. The van der Waals surface area contributed by atoms with Crippen LogP contribution in [0.2, 0.25) is 0 Å². The van der Waals surface area contributed by atoms with E-state index < -0.39 is 5.54 Å². The fourth-order valence-corrected chi connectivity index (χ4v) is 4.22. The van der Waals surface area contributed by atoms with E-state index >= 15 is 0 Å². The number of carbonyl (C=O) groups excluding carboxylic acids is 1. The summed E-state index contributed by atoms with van der Waals surface area (Å²) in [6, 6.07) is 11.6. The van der Waals surface area contributed by atoms with E-state index in [1.54, 1.807) is 24.6 Å². The largest absolute Gasteiger partial charge is 0.352 e. The van der Waals surface area contributed by atoms with Crippen LogP contribution in [0.4, 0.5) is 5.82 Å². The standard InChI is InChI=1S/C19H21N5OS/c1-19(20,14-5-3-2-4-6-14)18(25)24-10-8-23(9-11-24)17-16-15(7-12-26-16)21-13-22-17/h2-7,12-13H,8-11,20H2,1H3. The van der Waals surface area contributed by atoms with E-state index in [0.29, 0.717) is 13.1 Å². The molecule has 0 spiro atoms. The van der Waals surface area contributed by atoms with E-state index in [9.17, 15) is 4.79 Å². The Morgan fingerprint density at radius 1 is 1.12 bits per heavy atom. The molecular weight excluding hydrogens is 346 g/mol. The van der Waals surface area contributed by atoms with E-state index in [1.165, 1.54) is 0 Å². The van der Waals surface area contributed by atoms with Crippen molar-refractivity contribution in [1.29, 1.82) is 0 Å². The number of nitrogens with zero attached hydrogens (tertiary/aromatic N) is 4. The first-order valence-electron chi connectivity index (χ1n) is 8.64. The maximum atomic E-state index is 13.0. The smallest absolute Gasteiger partial charge is 0.247 e. The van der Waals surface area contributed by atoms with Gasteiger partial charge in [0.1, 0.15) is 17.7 Å². The SMILES string of the molecule is CC(N)(C(=O)N1CCN(c2ncnc3ccsc23)CC1)c1ccccc1. The fraction of sp³-hybridized carbons (Fsp3) is 0.316. The van der Waals surface area contributed by atoms with Crippen molar-refractivity contribution in [3.8, 4) is 0 Å². The molecule has 0 aliphatic carbocycles. The summed E-state index contributed by atoms with van der Waals surface area (Å²) in [6.07, 6.45) is 1.61. The van der Waals surface area contributed by atoms with Crippen LogP contribution < -0.4 is 10.6 Å². The van der Waals surface area contributed by atoms with Crippen molar-refractivity contribution in [2.75, 3.05) is 31.1 Å². The topological polar surface area (TPSA) is 75.4 Å². The van der Waals surface area contributed by atoms with Gasteiger partial charge in [0, 0.05) is 26.2 Å². The van der Waals surface area contributed by atoms with Crippen LogP contribution in [0.1, 0.15) is 12.5 Å². The average Bonchev–Trinajstić information content (AvgIpc) is 3.17. The summed E-state index contributed by atoms with van der Waals surface area (Å²) in [4.78, 5) is 25.8. The molecule has 1 aromatic carbocycles. The highest BCUT2D eigenvalue weighted by Crippen LogP contribution is 2.29. The molecule has 6 nitrogen and oxygen atoms in total. The van der Waals surface area contributed by atoms with Gasteiger partial charge >= 0.3 is 0 Å². The van der Waals surface area contributed by atoms with Crippen molar-refractivity contribution in [2.45, 2.75) is 12.5 Å². The number of hydrogen-bond acceptors (Lipinski definition) is 6. The molecule has 1 atom stereocenters. The first-order chi connectivity index (χ1) is 12.6. The molecule has 4 rings (SSSR count). The molecular formula is C19H21N5OS. The van der Waals surface area contributed by atoms with Crippen molar-refractivity contribution in [1.82, 2.24) is 14.9 Å². The monoisotopic (exact) mass is 367 g/mol. The molecule has 1 aliphatic heterocycles. The van der Waals surface area contributed by atoms with Gasteiger partial charge in [-0.15, -0.1) is 11.3 Å². The molecule has 1 unspecified atom stereocenters. The lowest BCUT2D eigenvalue weighted by Crippen LogP contribution is -2.57. The number of carbonyl (C=O) groups is 1. The second-order valence-electron chi connectivity index (χ2n) is 6.68. The fourth-order valence-electron chi connectivity index (χ4n) is 3.36. The summed E-state index contributed by atoms with van der Waals surface area (Å²) in [6.45, 7) is 4.53. The second-order valence-corrected chi connectivity index (χ2v) is 7.60. The number of fused-ring (bicyclic) bond motifs is 1. The molecule has 3 aromatic rings. The first-order valence-corrected chi connectivity index (χ1v) is 9.52. The number of hydrogen-bond donors (Lipinski definition) is 1. The summed E-state index contributed by atoms with van der Waals surface area (Å²) < 4.78 is 1.10. The van der Waals surface area contributed by atoms with Gasteiger partial charge in [-0.25, -0.2) is 9.97 Å². The number of amides is 1. The predicted octanol–water partition coefficient (Wildman–Crippen LogP) is 2.21. The van der Waals surface area contributed by atoms with E-state index in [1.807, 2.05) is 46.7 Å². The quantitative estimate of drug-likeness (QED) is 0.768. The zero-order valence-corrected chi connectivity index (χ0v) is 15.4. The van der Waals surface area contributed by atoms with Crippen LogP contribution in [0.25, 0.3) is 10.2 Å². The van der Waals surface area contributed by atoms with Crippen LogP contribution >= 0.6 is 11.3 Å². The lowest BCUT2D eigenvalue weighted by molar-refractivity contribution is -0.137. The molecule has 1 amide bonds. The van der Waals surface area contributed by atoms with Gasteiger partial charge in [-0.1, -0.05) is 30.3 Å². The number of thiophene rings is 1. The number of aromatic nitrogens is 2. The van der Waals surface area contributed by atoms with Crippen molar-refractivity contribution < 1.29 is 4.79 Å². The first kappa shape index (κ1) is 16.9. The van der Waals surface area contributed by atoms with Crippen LogP contribution in [-0.4, -0.2) is 47.0 Å². The molecule has 1 fully saturated rings. The molecule has 1 saturated heterocycles. The Morgan fingerprint density at radius 3 is 2.58 bits per heavy atom. The minimum absolute atomic E-state index is 0.0349. The van der Waals surface area contributed by atoms with Gasteiger partial charge in [-0.2, -0.15) is 0 Å². The van der Waals surface area contributed by atoms with Crippen LogP contribution in [0.3, 0.4) is 0 Å². The number of benzene rings is 1. The van der Waals surface area contributed by atoms with Crippen molar-refractivity contribution in [3.05, 3.63) is 53.7 Å². The Morgan fingerprint density at radius 2 is 1.85 bits per heavy atom. The zero-order valence-electron chi connectivity index (χ0n) is 14.6. The summed E-state index contributed by atoms with van der Waals surface area (Å²) in [5.41, 5.74) is 7.19. The van der Waals surface area contributed by atoms with Crippen molar-refractivity contribution in [2.24, 2.45) is 5.73 Å². The van der Waals surface area contributed by atoms with E-state index in [-0.39, 0.29) is 5.91 Å². The van der Waals surface area contributed by atoms with Gasteiger partial charge in [-0.3, -0.25) is 4.79 Å². The Labute approximate surface area is 156 Å². The highest BCUT2D eigenvalue weighted by molar-refractivity contribution is 7.17. The molecule has 0 saturated carbocycles. The third-order valence-corrected chi connectivity index (χ3v) is 5.81. The Kier molecular flexibility index (Phi) is 4.34. The molecule has 2 aromatic heterocycles. The van der Waals surface area contributed by atoms with E-state index in [4.69, 9.17) is 5.73 Å². The van der Waals surface area contributed by atoms with Gasteiger partial charge in [0.25, 0.3) is 0 Å². The third kappa shape index (κ3) is 2.93. The van der Waals surface area contributed by atoms with E-state index in [2.05, 4.69) is 14.9 Å². The summed E-state index contributed by atoms with van der Waals surface area (Å²) in [7, 11) is 0. The lowest BCUT2D eigenvalue weighted by Gasteiger charge is -2.39. The number of rotatable bonds is 3. The van der Waals surface area contributed by atoms with Crippen LogP contribution in [-0.2, 0) is 10.3 Å². The maximum Gasteiger partial charge on any atom is 0.247 e. The number of anilines is 1. The highest BCUT2D eigenvalue weighted by atomic mass is 32.1. The highest BCUT2D eigenvalue weighted by Gasteiger charge is 2.36. The number of nitrogens with two attached hydrogens (primary N) is 1.